The zero-order chi connectivity index (χ0) is 17.5. The number of hydrogen-bond acceptors (Lipinski definition) is 2. The van der Waals surface area contributed by atoms with Crippen molar-refractivity contribution < 1.29 is 61.2 Å². The highest BCUT2D eigenvalue weighted by Gasteiger charge is 2.87. The van der Waals surface area contributed by atoms with Crippen molar-refractivity contribution in [1.29, 1.82) is 0 Å². The topological polar surface area (TPSA) is 46.5 Å². The molecule has 0 aromatic carbocycles. The van der Waals surface area contributed by atoms with Crippen molar-refractivity contribution >= 4 is 11.4 Å². The Morgan fingerprint density at radius 3 is 1.43 bits per heavy atom. The molecule has 0 saturated carbocycles. The summed E-state index contributed by atoms with van der Waals surface area (Å²) in [5, 5.41) is 0. The van der Waals surface area contributed by atoms with Gasteiger partial charge in [-0.25, -0.2) is 0 Å². The first kappa shape index (κ1) is 20.3. The standard InChI is InChI=1S/C6H3F11O3S/c7-2(8,1-20-21(18)19)3(9,10)4(11,12)5(13,14)6(15,16)17/h1H2,(H,18,19). The summed E-state index contributed by atoms with van der Waals surface area (Å²) in [6.07, 6.45) is -7.25. The lowest BCUT2D eigenvalue weighted by Gasteiger charge is -2.36. The fourth-order valence-corrected chi connectivity index (χ4v) is 1.07. The Bertz CT molecular complexity index is 403. The maximum Gasteiger partial charge on any atom is 0.460 e. The Morgan fingerprint density at radius 1 is 0.762 bits per heavy atom. The van der Waals surface area contributed by atoms with Crippen LogP contribution in [0.1, 0.15) is 0 Å². The van der Waals surface area contributed by atoms with Crippen molar-refractivity contribution in [2.75, 3.05) is 6.61 Å². The molecule has 0 amide bonds. The summed E-state index contributed by atoms with van der Waals surface area (Å²) in [5.74, 6) is -28.6. The van der Waals surface area contributed by atoms with Gasteiger partial charge in [0.15, 0.2) is 0 Å². The van der Waals surface area contributed by atoms with Gasteiger partial charge in [0.1, 0.15) is 6.61 Å². The Morgan fingerprint density at radius 2 is 1.14 bits per heavy atom. The summed E-state index contributed by atoms with van der Waals surface area (Å²) in [6.45, 7) is -3.01. The quantitative estimate of drug-likeness (QED) is 0.582. The van der Waals surface area contributed by atoms with Crippen molar-refractivity contribution in [1.82, 2.24) is 0 Å². The van der Waals surface area contributed by atoms with Crippen molar-refractivity contribution in [3.05, 3.63) is 0 Å². The van der Waals surface area contributed by atoms with Crippen LogP contribution in [-0.2, 0) is 15.5 Å². The van der Waals surface area contributed by atoms with Crippen molar-refractivity contribution in [3.63, 3.8) is 0 Å². The Balaban J connectivity index is 5.71. The molecule has 1 N–H and O–H groups in total. The molecular weight excluding hydrogens is 361 g/mol. The molecule has 128 valence electrons. The highest BCUT2D eigenvalue weighted by molar-refractivity contribution is 7.74. The molecule has 0 bridgehead atoms. The second-order valence-electron chi connectivity index (χ2n) is 3.40. The zero-order valence-electron chi connectivity index (χ0n) is 9.04. The molecule has 1 unspecified atom stereocenters. The summed E-state index contributed by atoms with van der Waals surface area (Å²) in [7, 11) is 0. The van der Waals surface area contributed by atoms with Gasteiger partial charge in [-0.3, -0.25) is 8.74 Å². The van der Waals surface area contributed by atoms with E-state index in [0.29, 0.717) is 0 Å². The Kier molecular flexibility index (Phi) is 5.31. The highest BCUT2D eigenvalue weighted by Crippen LogP contribution is 2.57. The number of rotatable bonds is 6. The number of hydrogen-bond donors (Lipinski definition) is 1. The molecule has 15 heteroatoms. The van der Waals surface area contributed by atoms with Gasteiger partial charge in [-0.05, 0) is 0 Å². The fourth-order valence-electron chi connectivity index (χ4n) is 0.820. The van der Waals surface area contributed by atoms with Crippen LogP contribution in [0.15, 0.2) is 0 Å². The third kappa shape index (κ3) is 3.39. The van der Waals surface area contributed by atoms with E-state index in [1.807, 2.05) is 0 Å². The van der Waals surface area contributed by atoms with Crippen LogP contribution < -0.4 is 0 Å². The Hall–Kier alpha value is -0.700. The third-order valence-electron chi connectivity index (χ3n) is 1.95. The van der Waals surface area contributed by atoms with Crippen molar-refractivity contribution in [2.24, 2.45) is 0 Å². The van der Waals surface area contributed by atoms with Crippen LogP contribution in [0.25, 0.3) is 0 Å². The molecule has 0 saturated heterocycles. The summed E-state index contributed by atoms with van der Waals surface area (Å²) in [6, 6.07) is 0. The lowest BCUT2D eigenvalue weighted by molar-refractivity contribution is -0.423. The van der Waals surface area contributed by atoms with Gasteiger partial charge in [-0.2, -0.15) is 52.5 Å². The van der Waals surface area contributed by atoms with Crippen LogP contribution in [0.4, 0.5) is 48.3 Å². The van der Waals surface area contributed by atoms with E-state index in [1.165, 1.54) is 0 Å². The van der Waals surface area contributed by atoms with Crippen LogP contribution >= 0.6 is 0 Å². The van der Waals surface area contributed by atoms with Gasteiger partial charge >= 0.3 is 41.2 Å². The maximum absolute atomic E-state index is 12.7. The lowest BCUT2D eigenvalue weighted by Crippen LogP contribution is -2.67. The maximum atomic E-state index is 12.7. The van der Waals surface area contributed by atoms with Crippen LogP contribution in [0.5, 0.6) is 0 Å². The SMILES string of the molecule is O=S(O)OCC(F)(F)C(F)(F)C(F)(F)C(F)(F)C(F)(F)F. The largest absolute Gasteiger partial charge is 0.460 e. The van der Waals surface area contributed by atoms with E-state index in [9.17, 15) is 52.5 Å². The van der Waals surface area contributed by atoms with E-state index in [2.05, 4.69) is 4.18 Å². The zero-order valence-corrected chi connectivity index (χ0v) is 9.85. The van der Waals surface area contributed by atoms with Gasteiger partial charge < -0.3 is 0 Å². The molecule has 0 spiro atoms. The average molecular weight is 364 g/mol. The minimum Gasteiger partial charge on any atom is -0.284 e. The molecule has 0 aromatic heterocycles. The summed E-state index contributed by atoms with van der Waals surface area (Å²) < 4.78 is 156. The second kappa shape index (κ2) is 5.49. The van der Waals surface area contributed by atoms with Crippen LogP contribution in [0, 0.1) is 0 Å². The molecule has 0 aromatic rings. The minimum absolute atomic E-state index is 2.92. The molecule has 0 radical (unpaired) electrons. The summed E-state index contributed by atoms with van der Waals surface area (Å²) >= 11 is -3.68. The smallest absolute Gasteiger partial charge is 0.284 e. The Labute approximate surface area is 110 Å². The van der Waals surface area contributed by atoms with Gasteiger partial charge in [0.25, 0.3) is 0 Å². The predicted molar refractivity (Wildman–Crippen MR) is 42.6 cm³/mol. The number of alkyl halides is 11. The lowest BCUT2D eigenvalue weighted by atomic mass is 9.98. The number of halogens is 11. The molecular formula is C6H3F11O3S. The molecule has 0 aliphatic carbocycles. The molecule has 0 heterocycles. The third-order valence-corrected chi connectivity index (χ3v) is 2.26. The van der Waals surface area contributed by atoms with Gasteiger partial charge in [0.05, 0.1) is 0 Å². The summed E-state index contributed by atoms with van der Waals surface area (Å²) in [4.78, 5) is 0. The highest BCUT2D eigenvalue weighted by atomic mass is 32.2. The first-order chi connectivity index (χ1) is 8.92. The van der Waals surface area contributed by atoms with E-state index in [0.717, 1.165) is 0 Å². The van der Waals surface area contributed by atoms with Crippen molar-refractivity contribution in [3.8, 4) is 0 Å². The minimum atomic E-state index is -7.55. The van der Waals surface area contributed by atoms with E-state index < -0.39 is 47.8 Å². The summed E-state index contributed by atoms with van der Waals surface area (Å²) in [5.41, 5.74) is 0. The van der Waals surface area contributed by atoms with Gasteiger partial charge in [-0.1, -0.05) is 0 Å². The van der Waals surface area contributed by atoms with Crippen LogP contribution in [-0.4, -0.2) is 45.2 Å². The molecule has 0 aliphatic heterocycles. The van der Waals surface area contributed by atoms with E-state index in [4.69, 9.17) is 4.55 Å². The monoisotopic (exact) mass is 364 g/mol. The van der Waals surface area contributed by atoms with Gasteiger partial charge in [0, 0.05) is 0 Å². The molecule has 1 atom stereocenters. The average Bonchev–Trinajstić information content (AvgIpc) is 2.24. The second-order valence-corrected chi connectivity index (χ2v) is 4.07. The molecule has 0 fully saturated rings. The van der Waals surface area contributed by atoms with Crippen LogP contribution in [0.3, 0.4) is 0 Å². The molecule has 21 heavy (non-hydrogen) atoms. The van der Waals surface area contributed by atoms with Gasteiger partial charge in [-0.15, -0.1) is 0 Å². The fraction of sp³-hybridized carbons (Fsp3) is 1.00. The van der Waals surface area contributed by atoms with Crippen LogP contribution in [0.2, 0.25) is 0 Å². The van der Waals surface area contributed by atoms with E-state index in [1.54, 1.807) is 0 Å². The van der Waals surface area contributed by atoms with Crippen molar-refractivity contribution in [2.45, 2.75) is 29.9 Å². The van der Waals surface area contributed by atoms with Gasteiger partial charge in [0.2, 0.25) is 0 Å². The predicted octanol–water partition coefficient (Wildman–Crippen LogP) is 3.24. The van der Waals surface area contributed by atoms with E-state index in [-0.39, 0.29) is 0 Å². The molecule has 0 aliphatic rings. The van der Waals surface area contributed by atoms with E-state index >= 15 is 0 Å². The molecule has 0 rings (SSSR count). The normalized spacial score (nSPS) is 17.0. The first-order valence-corrected chi connectivity index (χ1v) is 5.27. The molecule has 3 nitrogen and oxygen atoms in total. The first-order valence-electron chi connectivity index (χ1n) is 4.24.